The van der Waals surface area contributed by atoms with Crippen LogP contribution in [0.4, 0.5) is 10.1 Å². The van der Waals surface area contributed by atoms with Gasteiger partial charge in [0.2, 0.25) is 5.76 Å². The van der Waals surface area contributed by atoms with E-state index in [1.807, 2.05) is 31.2 Å². The molecule has 0 saturated heterocycles. The van der Waals surface area contributed by atoms with Crippen molar-refractivity contribution in [1.82, 2.24) is 0 Å². The zero-order chi connectivity index (χ0) is 25.2. The molecule has 1 atom stereocenters. The maximum Gasteiger partial charge on any atom is 0.295 e. The van der Waals surface area contributed by atoms with Crippen molar-refractivity contribution in [3.05, 3.63) is 99.7 Å². The molecule has 0 N–H and O–H groups in total. The summed E-state index contributed by atoms with van der Waals surface area (Å²) in [7, 11) is 0. The molecular formula is C29H26FNO5. The molecular weight excluding hydrogens is 461 g/mol. The van der Waals surface area contributed by atoms with E-state index in [1.165, 1.54) is 17.0 Å². The summed E-state index contributed by atoms with van der Waals surface area (Å²) < 4.78 is 31.4. The summed E-state index contributed by atoms with van der Waals surface area (Å²) in [6, 6.07) is 17.4. The van der Waals surface area contributed by atoms with Gasteiger partial charge >= 0.3 is 0 Å². The van der Waals surface area contributed by atoms with Crippen molar-refractivity contribution in [2.45, 2.75) is 32.7 Å². The van der Waals surface area contributed by atoms with Gasteiger partial charge in [-0.15, -0.1) is 0 Å². The van der Waals surface area contributed by atoms with Gasteiger partial charge in [0.05, 0.1) is 30.2 Å². The number of hydrogen-bond donors (Lipinski definition) is 0. The van der Waals surface area contributed by atoms with Gasteiger partial charge < -0.3 is 13.9 Å². The van der Waals surface area contributed by atoms with Crippen molar-refractivity contribution in [3.63, 3.8) is 0 Å². The Morgan fingerprint density at radius 3 is 2.50 bits per heavy atom. The van der Waals surface area contributed by atoms with Crippen molar-refractivity contribution < 1.29 is 23.1 Å². The van der Waals surface area contributed by atoms with Crippen LogP contribution in [0.5, 0.6) is 11.5 Å². The van der Waals surface area contributed by atoms with Crippen LogP contribution in [-0.2, 0) is 0 Å². The number of carbonyl (C=O) groups is 1. The minimum atomic E-state index is -0.774. The third-order valence-electron chi connectivity index (χ3n) is 6.20. The van der Waals surface area contributed by atoms with Crippen LogP contribution < -0.4 is 19.8 Å². The monoisotopic (exact) mass is 487 g/mol. The standard InChI is InChI=1S/C29H26FNO5/c1-3-5-15-35-22-8-6-7-18(16-22)26-25-27(32)23-17-19(30)9-14-24(23)36-28(25)29(33)31(26)20-10-12-21(13-11-20)34-4-2/h6-14,16-17,26H,3-5,15H2,1-2H3. The van der Waals surface area contributed by atoms with E-state index in [2.05, 4.69) is 6.92 Å². The van der Waals surface area contributed by atoms with E-state index in [0.29, 0.717) is 36.0 Å². The van der Waals surface area contributed by atoms with Gasteiger partial charge in [-0.05, 0) is 73.5 Å². The molecule has 1 aliphatic rings. The van der Waals surface area contributed by atoms with Crippen molar-refractivity contribution in [2.75, 3.05) is 18.1 Å². The predicted octanol–water partition coefficient (Wildman–Crippen LogP) is 6.26. The zero-order valence-corrected chi connectivity index (χ0v) is 20.1. The van der Waals surface area contributed by atoms with Crippen molar-refractivity contribution in [3.8, 4) is 11.5 Å². The van der Waals surface area contributed by atoms with Gasteiger partial charge in [0.15, 0.2) is 5.43 Å². The molecule has 5 rings (SSSR count). The van der Waals surface area contributed by atoms with Crippen LogP contribution >= 0.6 is 0 Å². The fourth-order valence-electron chi connectivity index (χ4n) is 4.51. The number of rotatable bonds is 8. The number of amides is 1. The highest BCUT2D eigenvalue weighted by Gasteiger charge is 2.43. The lowest BCUT2D eigenvalue weighted by molar-refractivity contribution is 0.0971. The first-order chi connectivity index (χ1) is 17.5. The molecule has 0 radical (unpaired) electrons. The van der Waals surface area contributed by atoms with Crippen LogP contribution in [0, 0.1) is 5.82 Å². The molecule has 1 amide bonds. The fraction of sp³-hybridized carbons (Fsp3) is 0.241. The van der Waals surface area contributed by atoms with Crippen molar-refractivity contribution in [2.24, 2.45) is 0 Å². The third-order valence-corrected chi connectivity index (χ3v) is 6.20. The summed E-state index contributed by atoms with van der Waals surface area (Å²) in [5.41, 5.74) is 1.17. The van der Waals surface area contributed by atoms with Crippen LogP contribution in [-0.4, -0.2) is 19.1 Å². The Kier molecular flexibility index (Phi) is 6.46. The van der Waals surface area contributed by atoms with Gasteiger partial charge in [-0.3, -0.25) is 14.5 Å². The summed E-state index contributed by atoms with van der Waals surface area (Å²) in [5.74, 6) is 0.272. The molecule has 36 heavy (non-hydrogen) atoms. The Bertz CT molecular complexity index is 1480. The van der Waals surface area contributed by atoms with Crippen LogP contribution in [0.2, 0.25) is 0 Å². The lowest BCUT2D eigenvalue weighted by atomic mass is 9.98. The smallest absolute Gasteiger partial charge is 0.295 e. The molecule has 1 aliphatic heterocycles. The molecule has 0 fully saturated rings. The number of anilines is 1. The average molecular weight is 488 g/mol. The minimum Gasteiger partial charge on any atom is -0.494 e. The molecule has 7 heteroatoms. The second-order valence-electron chi connectivity index (χ2n) is 8.59. The first-order valence-corrected chi connectivity index (χ1v) is 12.1. The highest BCUT2D eigenvalue weighted by molar-refractivity contribution is 6.10. The van der Waals surface area contributed by atoms with Crippen LogP contribution in [0.15, 0.2) is 75.9 Å². The summed E-state index contributed by atoms with van der Waals surface area (Å²) in [5, 5.41) is 0.0930. The van der Waals surface area contributed by atoms with E-state index in [4.69, 9.17) is 13.9 Å². The van der Waals surface area contributed by atoms with Crippen LogP contribution in [0.3, 0.4) is 0 Å². The van der Waals surface area contributed by atoms with E-state index >= 15 is 0 Å². The third kappa shape index (κ3) is 4.21. The van der Waals surface area contributed by atoms with E-state index in [0.717, 1.165) is 18.9 Å². The second kappa shape index (κ2) is 9.85. The van der Waals surface area contributed by atoms with E-state index in [9.17, 15) is 14.0 Å². The predicted molar refractivity (Wildman–Crippen MR) is 136 cm³/mol. The Morgan fingerprint density at radius 2 is 1.75 bits per heavy atom. The molecule has 2 heterocycles. The van der Waals surface area contributed by atoms with Gasteiger partial charge in [0.25, 0.3) is 5.91 Å². The van der Waals surface area contributed by atoms with Crippen molar-refractivity contribution in [1.29, 1.82) is 0 Å². The number of carbonyl (C=O) groups excluding carboxylic acids is 1. The molecule has 3 aromatic carbocycles. The van der Waals surface area contributed by atoms with Gasteiger partial charge in [-0.2, -0.15) is 0 Å². The Hall–Kier alpha value is -4.13. The molecule has 1 unspecified atom stereocenters. The van der Waals surface area contributed by atoms with Crippen LogP contribution in [0.25, 0.3) is 11.0 Å². The molecule has 0 saturated carbocycles. The summed E-state index contributed by atoms with van der Waals surface area (Å²) in [4.78, 5) is 28.9. The molecule has 0 aliphatic carbocycles. The number of hydrogen-bond acceptors (Lipinski definition) is 5. The van der Waals surface area contributed by atoms with Gasteiger partial charge in [0.1, 0.15) is 22.9 Å². The molecule has 6 nitrogen and oxygen atoms in total. The molecule has 184 valence electrons. The molecule has 1 aromatic heterocycles. The topological polar surface area (TPSA) is 69.0 Å². The Labute approximate surface area is 207 Å². The largest absolute Gasteiger partial charge is 0.494 e. The number of benzene rings is 3. The minimum absolute atomic E-state index is 0.0460. The molecule has 0 bridgehead atoms. The number of unbranched alkanes of at least 4 members (excludes halogenated alkanes) is 1. The lowest BCUT2D eigenvalue weighted by Gasteiger charge is -2.25. The normalized spacial score (nSPS) is 14.8. The highest BCUT2D eigenvalue weighted by Crippen LogP contribution is 2.42. The Morgan fingerprint density at radius 1 is 0.944 bits per heavy atom. The quantitative estimate of drug-likeness (QED) is 0.275. The lowest BCUT2D eigenvalue weighted by Crippen LogP contribution is -2.29. The molecule has 0 spiro atoms. The van der Waals surface area contributed by atoms with E-state index in [-0.39, 0.29) is 22.3 Å². The zero-order valence-electron chi connectivity index (χ0n) is 20.1. The van der Waals surface area contributed by atoms with Crippen LogP contribution in [0.1, 0.15) is 54.4 Å². The van der Waals surface area contributed by atoms with E-state index in [1.54, 1.807) is 24.3 Å². The first kappa shape index (κ1) is 23.6. The van der Waals surface area contributed by atoms with Gasteiger partial charge in [-0.25, -0.2) is 4.39 Å². The highest BCUT2D eigenvalue weighted by atomic mass is 19.1. The summed E-state index contributed by atoms with van der Waals surface area (Å²) in [6.07, 6.45) is 1.91. The number of ether oxygens (including phenoxy) is 2. The number of fused-ring (bicyclic) bond motifs is 2. The number of nitrogens with zero attached hydrogens (tertiary/aromatic N) is 1. The Balaban J connectivity index is 1.68. The maximum atomic E-state index is 14.0. The summed E-state index contributed by atoms with van der Waals surface area (Å²) >= 11 is 0. The number of halogens is 1. The molecule has 4 aromatic rings. The SMILES string of the molecule is CCCCOc1cccc(C2c3c(oc4ccc(F)cc4c3=O)C(=O)N2c2ccc(OCC)cc2)c1. The van der Waals surface area contributed by atoms with Crippen molar-refractivity contribution >= 4 is 22.6 Å². The second-order valence-corrected chi connectivity index (χ2v) is 8.59. The van der Waals surface area contributed by atoms with Gasteiger partial charge in [-0.1, -0.05) is 25.5 Å². The van der Waals surface area contributed by atoms with E-state index < -0.39 is 23.2 Å². The first-order valence-electron chi connectivity index (χ1n) is 12.1. The maximum absolute atomic E-state index is 14.0. The fourth-order valence-corrected chi connectivity index (χ4v) is 4.51. The average Bonchev–Trinajstić information content (AvgIpc) is 3.18. The summed E-state index contributed by atoms with van der Waals surface area (Å²) in [6.45, 7) is 5.06. The van der Waals surface area contributed by atoms with Gasteiger partial charge in [0, 0.05) is 5.69 Å².